The second-order valence-electron chi connectivity index (χ2n) is 7.78. The summed E-state index contributed by atoms with van der Waals surface area (Å²) in [5.74, 6) is 0. The van der Waals surface area contributed by atoms with E-state index in [1.54, 1.807) is 19.3 Å². The molecule has 1 saturated heterocycles. The fourth-order valence-electron chi connectivity index (χ4n) is 4.06. The SMILES string of the molecule is Cn1c(OC2CCN(c3ccc4c(c3)CNC4)CC2)nc(-c2ccncn2)cc1=O. The molecule has 3 aromatic rings. The molecule has 2 aromatic heterocycles. The molecule has 1 fully saturated rings. The van der Waals surface area contributed by atoms with Gasteiger partial charge in [0.05, 0.1) is 11.4 Å². The number of hydrogen-bond donors (Lipinski definition) is 1. The normalized spacial score (nSPS) is 16.5. The van der Waals surface area contributed by atoms with Crippen LogP contribution in [0.4, 0.5) is 5.69 Å². The van der Waals surface area contributed by atoms with E-state index in [9.17, 15) is 4.79 Å². The van der Waals surface area contributed by atoms with Gasteiger partial charge in [-0.15, -0.1) is 0 Å². The Morgan fingerprint density at radius 3 is 2.70 bits per heavy atom. The summed E-state index contributed by atoms with van der Waals surface area (Å²) in [6, 6.07) is 10.3. The second-order valence-corrected chi connectivity index (χ2v) is 7.78. The van der Waals surface area contributed by atoms with Crippen LogP contribution in [0.2, 0.25) is 0 Å². The number of nitrogens with one attached hydrogen (secondary N) is 1. The highest BCUT2D eigenvalue weighted by Gasteiger charge is 2.23. The Hall–Kier alpha value is -3.26. The van der Waals surface area contributed by atoms with Crippen molar-refractivity contribution in [2.24, 2.45) is 7.05 Å². The predicted octanol–water partition coefficient (Wildman–Crippen LogP) is 1.89. The van der Waals surface area contributed by atoms with Gasteiger partial charge in [-0.1, -0.05) is 6.07 Å². The van der Waals surface area contributed by atoms with Gasteiger partial charge in [0, 0.05) is 64.0 Å². The zero-order valence-electron chi connectivity index (χ0n) is 16.9. The van der Waals surface area contributed by atoms with E-state index in [4.69, 9.17) is 4.74 Å². The Labute approximate surface area is 174 Å². The summed E-state index contributed by atoms with van der Waals surface area (Å²) in [4.78, 5) is 27.4. The molecule has 0 atom stereocenters. The van der Waals surface area contributed by atoms with Crippen molar-refractivity contribution < 1.29 is 4.74 Å². The molecule has 0 aliphatic carbocycles. The van der Waals surface area contributed by atoms with Crippen LogP contribution in [0.25, 0.3) is 11.4 Å². The highest BCUT2D eigenvalue weighted by atomic mass is 16.5. The standard InChI is InChI=1S/C22H24N6O2/c1-27-21(29)11-20(19-4-7-23-14-25-19)26-22(27)30-18-5-8-28(9-6-18)17-3-2-15-12-24-13-16(15)10-17/h2-4,7,10-11,14,18,24H,5-6,8-9,12-13H2,1H3. The van der Waals surface area contributed by atoms with Crippen molar-refractivity contribution >= 4 is 5.69 Å². The topological polar surface area (TPSA) is 85.2 Å². The van der Waals surface area contributed by atoms with Crippen molar-refractivity contribution in [1.29, 1.82) is 0 Å². The molecule has 2 aliphatic rings. The number of aromatic nitrogens is 4. The van der Waals surface area contributed by atoms with Gasteiger partial charge < -0.3 is 15.0 Å². The average Bonchev–Trinajstić information content (AvgIpc) is 3.26. The molecule has 2 aliphatic heterocycles. The molecule has 1 N–H and O–H groups in total. The lowest BCUT2D eigenvalue weighted by Gasteiger charge is -2.33. The van der Waals surface area contributed by atoms with E-state index in [0.29, 0.717) is 17.4 Å². The summed E-state index contributed by atoms with van der Waals surface area (Å²) in [5.41, 5.74) is 5.00. The van der Waals surface area contributed by atoms with Crippen LogP contribution < -0.4 is 20.5 Å². The summed E-state index contributed by atoms with van der Waals surface area (Å²) >= 11 is 0. The molecule has 8 heteroatoms. The Morgan fingerprint density at radius 1 is 1.07 bits per heavy atom. The van der Waals surface area contributed by atoms with Gasteiger partial charge in [0.25, 0.3) is 11.6 Å². The second kappa shape index (κ2) is 7.87. The molecule has 154 valence electrons. The summed E-state index contributed by atoms with van der Waals surface area (Å²) in [5, 5.41) is 3.40. The molecule has 1 aromatic carbocycles. The van der Waals surface area contributed by atoms with Crippen LogP contribution in [0.1, 0.15) is 24.0 Å². The number of piperidine rings is 1. The molecular weight excluding hydrogens is 380 g/mol. The van der Waals surface area contributed by atoms with Crippen molar-refractivity contribution in [1.82, 2.24) is 24.8 Å². The number of ether oxygens (including phenoxy) is 1. The van der Waals surface area contributed by atoms with Crippen LogP contribution in [-0.4, -0.2) is 38.7 Å². The van der Waals surface area contributed by atoms with E-state index >= 15 is 0 Å². The molecule has 0 bridgehead atoms. The lowest BCUT2D eigenvalue weighted by molar-refractivity contribution is 0.149. The summed E-state index contributed by atoms with van der Waals surface area (Å²) in [6.45, 7) is 3.74. The van der Waals surface area contributed by atoms with Crippen LogP contribution in [0.3, 0.4) is 0 Å². The quantitative estimate of drug-likeness (QED) is 0.711. The minimum atomic E-state index is -0.169. The lowest BCUT2D eigenvalue weighted by atomic mass is 10.0. The van der Waals surface area contributed by atoms with Crippen molar-refractivity contribution in [2.75, 3.05) is 18.0 Å². The molecule has 30 heavy (non-hydrogen) atoms. The van der Waals surface area contributed by atoms with Gasteiger partial charge in [-0.3, -0.25) is 9.36 Å². The first-order chi connectivity index (χ1) is 14.7. The Kier molecular flexibility index (Phi) is 4.92. The highest BCUT2D eigenvalue weighted by Crippen LogP contribution is 2.26. The molecule has 5 rings (SSSR count). The van der Waals surface area contributed by atoms with Gasteiger partial charge in [0.15, 0.2) is 0 Å². The number of nitrogens with zero attached hydrogens (tertiary/aromatic N) is 5. The van der Waals surface area contributed by atoms with E-state index in [1.165, 1.54) is 33.8 Å². The number of fused-ring (bicyclic) bond motifs is 1. The number of rotatable bonds is 4. The lowest BCUT2D eigenvalue weighted by Crippen LogP contribution is -2.39. The van der Waals surface area contributed by atoms with Gasteiger partial charge in [0.1, 0.15) is 12.4 Å². The number of benzene rings is 1. The summed E-state index contributed by atoms with van der Waals surface area (Å²) < 4.78 is 7.61. The Balaban J connectivity index is 1.28. The van der Waals surface area contributed by atoms with E-state index in [-0.39, 0.29) is 11.7 Å². The van der Waals surface area contributed by atoms with Gasteiger partial charge >= 0.3 is 0 Å². The van der Waals surface area contributed by atoms with E-state index in [0.717, 1.165) is 39.0 Å². The maximum Gasteiger partial charge on any atom is 0.299 e. The molecule has 0 unspecified atom stereocenters. The van der Waals surface area contributed by atoms with Crippen molar-refractivity contribution in [3.8, 4) is 17.4 Å². The molecular formula is C22H24N6O2. The molecule has 0 saturated carbocycles. The number of hydrogen-bond acceptors (Lipinski definition) is 7. The van der Waals surface area contributed by atoms with Crippen LogP contribution in [0.15, 0.2) is 47.7 Å². The third kappa shape index (κ3) is 3.66. The molecule has 4 heterocycles. The molecule has 8 nitrogen and oxygen atoms in total. The Morgan fingerprint density at radius 2 is 1.90 bits per heavy atom. The van der Waals surface area contributed by atoms with Crippen molar-refractivity contribution in [3.05, 3.63) is 64.3 Å². The van der Waals surface area contributed by atoms with Crippen molar-refractivity contribution in [3.63, 3.8) is 0 Å². The molecule has 0 amide bonds. The van der Waals surface area contributed by atoms with Gasteiger partial charge in [-0.05, 0) is 29.3 Å². The molecule has 0 spiro atoms. The van der Waals surface area contributed by atoms with Crippen LogP contribution in [0.5, 0.6) is 6.01 Å². The monoisotopic (exact) mass is 404 g/mol. The third-order valence-electron chi connectivity index (χ3n) is 5.84. The number of anilines is 1. The van der Waals surface area contributed by atoms with Gasteiger partial charge in [0.2, 0.25) is 0 Å². The van der Waals surface area contributed by atoms with Gasteiger partial charge in [-0.25, -0.2) is 9.97 Å². The molecule has 0 radical (unpaired) electrons. The van der Waals surface area contributed by atoms with Crippen LogP contribution in [0, 0.1) is 0 Å². The summed E-state index contributed by atoms with van der Waals surface area (Å²) in [6.07, 6.45) is 4.86. The zero-order valence-corrected chi connectivity index (χ0v) is 16.9. The Bertz CT molecular complexity index is 1110. The smallest absolute Gasteiger partial charge is 0.299 e. The van der Waals surface area contributed by atoms with E-state index in [1.807, 2.05) is 0 Å². The minimum Gasteiger partial charge on any atom is -0.461 e. The van der Waals surface area contributed by atoms with Crippen LogP contribution >= 0.6 is 0 Å². The predicted molar refractivity (Wildman–Crippen MR) is 113 cm³/mol. The third-order valence-corrected chi connectivity index (χ3v) is 5.84. The first-order valence-electron chi connectivity index (χ1n) is 10.3. The first-order valence-corrected chi connectivity index (χ1v) is 10.3. The van der Waals surface area contributed by atoms with E-state index in [2.05, 4.69) is 43.4 Å². The minimum absolute atomic E-state index is 0.0242. The first kappa shape index (κ1) is 18.7. The maximum absolute atomic E-state index is 12.4. The zero-order chi connectivity index (χ0) is 20.5. The van der Waals surface area contributed by atoms with E-state index < -0.39 is 0 Å². The van der Waals surface area contributed by atoms with Gasteiger partial charge in [-0.2, -0.15) is 4.98 Å². The fraction of sp³-hybridized carbons (Fsp3) is 0.364. The van der Waals surface area contributed by atoms with Crippen molar-refractivity contribution in [2.45, 2.75) is 32.0 Å². The fourth-order valence-corrected chi connectivity index (χ4v) is 4.06. The average molecular weight is 404 g/mol. The maximum atomic E-state index is 12.4. The van der Waals surface area contributed by atoms with Crippen LogP contribution in [-0.2, 0) is 20.1 Å². The highest BCUT2D eigenvalue weighted by molar-refractivity contribution is 5.53. The summed E-state index contributed by atoms with van der Waals surface area (Å²) in [7, 11) is 1.68. The largest absolute Gasteiger partial charge is 0.461 e.